The number of rotatable bonds is 3. The van der Waals surface area contributed by atoms with Crippen LogP contribution in [0.25, 0.3) is 11.1 Å². The van der Waals surface area contributed by atoms with Crippen molar-refractivity contribution in [3.8, 4) is 17.2 Å². The van der Waals surface area contributed by atoms with Crippen molar-refractivity contribution in [2.45, 2.75) is 19.6 Å². The largest absolute Gasteiger partial charge is 0.332 e. The van der Waals surface area contributed by atoms with Gasteiger partial charge in [0.15, 0.2) is 0 Å². The number of nitrogens with zero attached hydrogens (tertiary/aromatic N) is 5. The van der Waals surface area contributed by atoms with E-state index in [9.17, 15) is 13.6 Å². The van der Waals surface area contributed by atoms with Gasteiger partial charge in [-0.3, -0.25) is 4.79 Å². The van der Waals surface area contributed by atoms with Crippen LogP contribution in [0.5, 0.6) is 0 Å². The predicted octanol–water partition coefficient (Wildman–Crippen LogP) is 3.29. The number of benzene rings is 2. The molecule has 9 heteroatoms. The van der Waals surface area contributed by atoms with Crippen LogP contribution in [0.3, 0.4) is 0 Å². The van der Waals surface area contributed by atoms with Gasteiger partial charge in [-0.25, -0.2) is 18.4 Å². The van der Waals surface area contributed by atoms with E-state index in [1.165, 1.54) is 11.0 Å². The highest BCUT2D eigenvalue weighted by molar-refractivity contribution is 6.33. The van der Waals surface area contributed by atoms with Gasteiger partial charge in [-0.2, -0.15) is 5.26 Å². The molecule has 0 fully saturated rings. The summed E-state index contributed by atoms with van der Waals surface area (Å²) in [5.41, 5.74) is 2.20. The number of halogens is 3. The Bertz CT molecular complexity index is 1140. The van der Waals surface area contributed by atoms with Crippen LogP contribution >= 0.6 is 11.6 Å². The molecule has 4 rings (SSSR count). The van der Waals surface area contributed by atoms with E-state index in [2.05, 4.69) is 10.1 Å². The monoisotopic (exact) mass is 399 g/mol. The minimum absolute atomic E-state index is 0.000826. The summed E-state index contributed by atoms with van der Waals surface area (Å²) >= 11 is 5.95. The van der Waals surface area contributed by atoms with Crippen molar-refractivity contribution < 1.29 is 13.6 Å². The molecule has 1 amide bonds. The number of carbonyl (C=O) groups is 1. The van der Waals surface area contributed by atoms with Crippen molar-refractivity contribution >= 4 is 17.5 Å². The molecule has 1 aromatic heterocycles. The van der Waals surface area contributed by atoms with Gasteiger partial charge in [-0.15, -0.1) is 5.10 Å². The first-order chi connectivity index (χ1) is 13.5. The molecule has 28 heavy (non-hydrogen) atoms. The second-order valence-corrected chi connectivity index (χ2v) is 6.71. The van der Waals surface area contributed by atoms with Crippen LogP contribution in [-0.2, 0) is 24.4 Å². The average molecular weight is 400 g/mol. The standard InChI is InChI=1S/C19H12ClF2N5O/c20-19-15(22)4-3-14(21)18(19)11-1-2-12-7-26(8-13(12)5-11)17(28)9-27-10-24-16(6-23)25-27/h1-5,10H,7-9H2. The SMILES string of the molecule is N#Cc1ncn(CC(=O)N2Cc3ccc(-c4c(F)ccc(F)c4Cl)cc3C2)n1. The van der Waals surface area contributed by atoms with Crippen molar-refractivity contribution in [3.05, 3.63) is 70.3 Å². The zero-order chi connectivity index (χ0) is 19.8. The molecule has 0 spiro atoms. The highest BCUT2D eigenvalue weighted by Gasteiger charge is 2.25. The van der Waals surface area contributed by atoms with Crippen molar-refractivity contribution in [1.82, 2.24) is 19.7 Å². The van der Waals surface area contributed by atoms with Gasteiger partial charge in [0.25, 0.3) is 5.82 Å². The molecule has 0 N–H and O–H groups in total. The maximum absolute atomic E-state index is 14.2. The summed E-state index contributed by atoms with van der Waals surface area (Å²) in [4.78, 5) is 17.9. The molecule has 0 saturated carbocycles. The number of amides is 1. The Morgan fingerprint density at radius 2 is 1.93 bits per heavy atom. The van der Waals surface area contributed by atoms with Crippen LogP contribution in [0.1, 0.15) is 17.0 Å². The fourth-order valence-corrected chi connectivity index (χ4v) is 3.44. The van der Waals surface area contributed by atoms with Gasteiger partial charge in [0.05, 0.1) is 5.02 Å². The summed E-state index contributed by atoms with van der Waals surface area (Å²) in [6, 6.07) is 8.98. The van der Waals surface area contributed by atoms with Crippen LogP contribution in [0, 0.1) is 23.0 Å². The summed E-state index contributed by atoms with van der Waals surface area (Å²) in [5, 5.41) is 12.4. The lowest BCUT2D eigenvalue weighted by atomic mass is 10.00. The van der Waals surface area contributed by atoms with Crippen molar-refractivity contribution in [1.29, 1.82) is 5.26 Å². The number of carbonyl (C=O) groups excluding carboxylic acids is 1. The Labute approximate surface area is 163 Å². The molecule has 0 aliphatic carbocycles. The summed E-state index contributed by atoms with van der Waals surface area (Å²) in [7, 11) is 0. The molecule has 0 radical (unpaired) electrons. The Morgan fingerprint density at radius 1 is 1.18 bits per heavy atom. The van der Waals surface area contributed by atoms with Gasteiger partial charge in [-0.05, 0) is 34.9 Å². The Kier molecular flexibility index (Phi) is 4.53. The second kappa shape index (κ2) is 7.02. The van der Waals surface area contributed by atoms with Gasteiger partial charge in [-0.1, -0.05) is 23.7 Å². The zero-order valence-electron chi connectivity index (χ0n) is 14.4. The minimum atomic E-state index is -0.695. The highest BCUT2D eigenvalue weighted by atomic mass is 35.5. The average Bonchev–Trinajstić information content (AvgIpc) is 3.31. The summed E-state index contributed by atoms with van der Waals surface area (Å²) in [6.45, 7) is 0.684. The topological polar surface area (TPSA) is 74.8 Å². The summed E-state index contributed by atoms with van der Waals surface area (Å²) in [5.74, 6) is -1.50. The molecule has 6 nitrogen and oxygen atoms in total. The molecule has 0 unspecified atom stereocenters. The van der Waals surface area contributed by atoms with E-state index in [1.54, 1.807) is 29.2 Å². The fraction of sp³-hybridized carbons (Fsp3) is 0.158. The van der Waals surface area contributed by atoms with Crippen LogP contribution in [0.2, 0.25) is 5.02 Å². The predicted molar refractivity (Wildman–Crippen MR) is 95.8 cm³/mol. The first-order valence-electron chi connectivity index (χ1n) is 8.29. The van der Waals surface area contributed by atoms with Crippen molar-refractivity contribution in [2.24, 2.45) is 0 Å². The molecule has 140 valence electrons. The maximum Gasteiger partial charge on any atom is 0.252 e. The molecule has 0 bridgehead atoms. The molecule has 3 aromatic rings. The van der Waals surface area contributed by atoms with E-state index in [0.717, 1.165) is 23.3 Å². The number of hydrogen-bond acceptors (Lipinski definition) is 4. The number of nitriles is 1. The second-order valence-electron chi connectivity index (χ2n) is 6.33. The van der Waals surface area contributed by atoms with Crippen LogP contribution < -0.4 is 0 Å². The van der Waals surface area contributed by atoms with E-state index in [-0.39, 0.29) is 28.9 Å². The molecule has 1 aliphatic rings. The van der Waals surface area contributed by atoms with E-state index in [4.69, 9.17) is 16.9 Å². The lowest BCUT2D eigenvalue weighted by Gasteiger charge is -2.14. The highest BCUT2D eigenvalue weighted by Crippen LogP contribution is 2.35. The summed E-state index contributed by atoms with van der Waals surface area (Å²) in [6.07, 6.45) is 1.33. The van der Waals surface area contributed by atoms with Crippen molar-refractivity contribution in [2.75, 3.05) is 0 Å². The Morgan fingerprint density at radius 3 is 2.68 bits per heavy atom. The van der Waals surface area contributed by atoms with Crippen LogP contribution in [0.15, 0.2) is 36.7 Å². The van der Waals surface area contributed by atoms with Gasteiger partial charge in [0, 0.05) is 18.7 Å². The fourth-order valence-electron chi connectivity index (χ4n) is 3.18. The molecule has 0 saturated heterocycles. The summed E-state index contributed by atoms with van der Waals surface area (Å²) < 4.78 is 29.2. The van der Waals surface area contributed by atoms with Gasteiger partial charge in [0.2, 0.25) is 5.91 Å². The molecule has 1 aliphatic heterocycles. The Hall–Kier alpha value is -3.31. The molecule has 2 aromatic carbocycles. The molecular formula is C19H12ClF2N5O. The van der Waals surface area contributed by atoms with E-state index in [1.807, 2.05) is 0 Å². The zero-order valence-corrected chi connectivity index (χ0v) is 15.1. The van der Waals surface area contributed by atoms with Crippen LogP contribution in [-0.4, -0.2) is 25.6 Å². The minimum Gasteiger partial charge on any atom is -0.332 e. The molecular weight excluding hydrogens is 388 g/mol. The van der Waals surface area contributed by atoms with E-state index >= 15 is 0 Å². The third-order valence-electron chi connectivity index (χ3n) is 4.55. The molecule has 0 atom stereocenters. The maximum atomic E-state index is 14.2. The normalized spacial score (nSPS) is 12.7. The Balaban J connectivity index is 1.55. The third kappa shape index (κ3) is 3.21. The van der Waals surface area contributed by atoms with Gasteiger partial charge >= 0.3 is 0 Å². The number of hydrogen-bond donors (Lipinski definition) is 0. The lowest BCUT2D eigenvalue weighted by Crippen LogP contribution is -2.29. The smallest absolute Gasteiger partial charge is 0.252 e. The molecule has 2 heterocycles. The van der Waals surface area contributed by atoms with E-state index in [0.29, 0.717) is 18.7 Å². The number of fused-ring (bicyclic) bond motifs is 1. The van der Waals surface area contributed by atoms with Crippen molar-refractivity contribution in [3.63, 3.8) is 0 Å². The first-order valence-corrected chi connectivity index (χ1v) is 8.67. The van der Waals surface area contributed by atoms with Gasteiger partial charge < -0.3 is 4.90 Å². The third-order valence-corrected chi connectivity index (χ3v) is 4.92. The van der Waals surface area contributed by atoms with Crippen LogP contribution in [0.4, 0.5) is 8.78 Å². The first kappa shape index (κ1) is 18.1. The quantitative estimate of drug-likeness (QED) is 0.633. The van der Waals surface area contributed by atoms with E-state index < -0.39 is 11.6 Å². The van der Waals surface area contributed by atoms with Gasteiger partial charge in [0.1, 0.15) is 30.6 Å². The lowest BCUT2D eigenvalue weighted by molar-refractivity contribution is -0.132. The number of aromatic nitrogens is 3.